The smallest absolute Gasteiger partial charge is 0.234 e. The molecule has 0 bridgehead atoms. The predicted molar refractivity (Wildman–Crippen MR) is 149 cm³/mol. The van der Waals surface area contributed by atoms with Crippen molar-refractivity contribution in [1.82, 2.24) is 44.4 Å². The van der Waals surface area contributed by atoms with E-state index in [0.717, 1.165) is 60.8 Å². The maximum Gasteiger partial charge on any atom is 0.234 e. The van der Waals surface area contributed by atoms with Crippen molar-refractivity contribution in [2.24, 2.45) is 0 Å². The van der Waals surface area contributed by atoms with E-state index in [1.54, 1.807) is 24.7 Å². The minimum absolute atomic E-state index is 0.345. The normalized spacial score (nSPS) is 14.7. The van der Waals surface area contributed by atoms with E-state index in [1.807, 2.05) is 18.3 Å². The molecule has 7 rings (SSSR count). The Kier molecular flexibility index (Phi) is 6.10. The number of fused-ring (bicyclic) bond motifs is 1. The molecule has 39 heavy (non-hydrogen) atoms. The van der Waals surface area contributed by atoms with Crippen molar-refractivity contribution in [1.29, 1.82) is 0 Å². The summed E-state index contributed by atoms with van der Waals surface area (Å²) in [6, 6.07) is 22.9. The van der Waals surface area contributed by atoms with Crippen LogP contribution in [0.15, 0.2) is 91.5 Å². The van der Waals surface area contributed by atoms with Gasteiger partial charge in [0.15, 0.2) is 17.5 Å². The molecule has 9 nitrogen and oxygen atoms in total. The molecule has 4 aromatic heterocycles. The highest BCUT2D eigenvalue weighted by Crippen LogP contribution is 2.33. The van der Waals surface area contributed by atoms with Crippen LogP contribution < -0.4 is 0 Å². The SMILES string of the molecule is c1ccc(-c2c(-c3ccc(CN4CCC(c5n[nH]c(-c6ncccn6)n5)CC4)cc3)nc3ncccn23)cc1. The number of imidazole rings is 1. The second-order valence-electron chi connectivity index (χ2n) is 9.83. The monoisotopic (exact) mass is 513 g/mol. The first kappa shape index (κ1) is 23.4. The van der Waals surface area contributed by atoms with Gasteiger partial charge >= 0.3 is 0 Å². The molecule has 0 saturated carbocycles. The van der Waals surface area contributed by atoms with Gasteiger partial charge in [-0.15, -0.1) is 0 Å². The van der Waals surface area contributed by atoms with Crippen LogP contribution in [0.1, 0.15) is 30.1 Å². The van der Waals surface area contributed by atoms with Crippen molar-refractivity contribution >= 4 is 5.78 Å². The number of aromatic nitrogens is 8. The van der Waals surface area contributed by atoms with Crippen LogP contribution in [-0.2, 0) is 6.54 Å². The second kappa shape index (κ2) is 10.2. The lowest BCUT2D eigenvalue weighted by Crippen LogP contribution is -2.32. The molecule has 192 valence electrons. The molecular formula is C30H27N9. The molecule has 1 aliphatic rings. The molecule has 0 amide bonds. The van der Waals surface area contributed by atoms with Gasteiger partial charge in [0, 0.05) is 48.4 Å². The number of hydrogen-bond donors (Lipinski definition) is 1. The van der Waals surface area contributed by atoms with Crippen LogP contribution in [-0.4, -0.2) is 57.5 Å². The molecule has 1 saturated heterocycles. The first-order chi connectivity index (χ1) is 19.3. The van der Waals surface area contributed by atoms with Crippen molar-refractivity contribution in [3.8, 4) is 34.2 Å². The average Bonchev–Trinajstić information content (AvgIpc) is 3.65. The maximum absolute atomic E-state index is 4.88. The van der Waals surface area contributed by atoms with Crippen molar-refractivity contribution < 1.29 is 0 Å². The molecule has 2 aromatic carbocycles. The Hall–Kier alpha value is -4.76. The average molecular weight is 514 g/mol. The number of H-pyrrole nitrogens is 1. The van der Waals surface area contributed by atoms with Crippen molar-refractivity contribution in [3.63, 3.8) is 0 Å². The summed E-state index contributed by atoms with van der Waals surface area (Å²) < 4.78 is 2.06. The number of rotatable bonds is 6. The number of piperidine rings is 1. The molecule has 9 heteroatoms. The summed E-state index contributed by atoms with van der Waals surface area (Å²) in [6.45, 7) is 2.94. The van der Waals surface area contributed by atoms with E-state index in [9.17, 15) is 0 Å². The highest BCUT2D eigenvalue weighted by atomic mass is 15.2. The number of likely N-dealkylation sites (tertiary alicyclic amines) is 1. The van der Waals surface area contributed by atoms with E-state index in [1.165, 1.54) is 5.56 Å². The standard InChI is InChI=1S/C30H27N9/c1-2-6-23(7-3-1)26-25(34-30-33-16-5-17-39(26)30)22-10-8-21(9-11-22)20-38-18-12-24(13-19-38)27-35-29(37-36-27)28-31-14-4-15-32-28/h1-11,14-17,24H,12-13,18-20H2,(H,35,36,37). The van der Waals surface area contributed by atoms with Crippen LogP contribution in [0.3, 0.4) is 0 Å². The van der Waals surface area contributed by atoms with Gasteiger partial charge in [-0.25, -0.2) is 24.9 Å². The predicted octanol–water partition coefficient (Wildman–Crippen LogP) is 5.02. The second-order valence-corrected chi connectivity index (χ2v) is 9.83. The zero-order chi connectivity index (χ0) is 26.0. The van der Waals surface area contributed by atoms with E-state index in [-0.39, 0.29) is 0 Å². The van der Waals surface area contributed by atoms with Gasteiger partial charge in [0.1, 0.15) is 0 Å². The van der Waals surface area contributed by atoms with Crippen LogP contribution in [0.2, 0.25) is 0 Å². The largest absolute Gasteiger partial charge is 0.299 e. The Morgan fingerprint density at radius 2 is 1.54 bits per heavy atom. The molecular weight excluding hydrogens is 486 g/mol. The lowest BCUT2D eigenvalue weighted by molar-refractivity contribution is 0.202. The third kappa shape index (κ3) is 4.68. The van der Waals surface area contributed by atoms with Gasteiger partial charge < -0.3 is 0 Å². The van der Waals surface area contributed by atoms with Crippen LogP contribution in [0, 0.1) is 0 Å². The number of hydrogen-bond acceptors (Lipinski definition) is 7. The third-order valence-electron chi connectivity index (χ3n) is 7.32. The maximum atomic E-state index is 4.88. The summed E-state index contributed by atoms with van der Waals surface area (Å²) in [5.74, 6) is 3.11. The van der Waals surface area contributed by atoms with Crippen LogP contribution in [0.5, 0.6) is 0 Å². The van der Waals surface area contributed by atoms with Gasteiger partial charge in [-0.1, -0.05) is 54.6 Å². The molecule has 0 unspecified atom stereocenters. The minimum Gasteiger partial charge on any atom is -0.299 e. The number of aromatic amines is 1. The highest BCUT2D eigenvalue weighted by Gasteiger charge is 2.24. The molecule has 5 heterocycles. The molecule has 1 fully saturated rings. The minimum atomic E-state index is 0.345. The Bertz CT molecular complexity index is 1680. The quantitative estimate of drug-likeness (QED) is 0.334. The van der Waals surface area contributed by atoms with E-state index < -0.39 is 0 Å². The number of nitrogens with zero attached hydrogens (tertiary/aromatic N) is 8. The van der Waals surface area contributed by atoms with Crippen molar-refractivity contribution in [3.05, 3.63) is 103 Å². The van der Waals surface area contributed by atoms with E-state index in [4.69, 9.17) is 4.98 Å². The summed E-state index contributed by atoms with van der Waals surface area (Å²) in [4.78, 5) is 25.1. The summed E-state index contributed by atoms with van der Waals surface area (Å²) in [6.07, 6.45) is 9.29. The molecule has 0 spiro atoms. The first-order valence-corrected chi connectivity index (χ1v) is 13.2. The van der Waals surface area contributed by atoms with E-state index in [0.29, 0.717) is 23.3 Å². The first-order valence-electron chi connectivity index (χ1n) is 13.2. The summed E-state index contributed by atoms with van der Waals surface area (Å²) in [5.41, 5.74) is 5.50. The van der Waals surface area contributed by atoms with Gasteiger partial charge in [-0.3, -0.25) is 14.4 Å². The van der Waals surface area contributed by atoms with Gasteiger partial charge in [-0.05, 0) is 43.6 Å². The van der Waals surface area contributed by atoms with Gasteiger partial charge in [0.25, 0.3) is 0 Å². The Morgan fingerprint density at radius 1 is 0.769 bits per heavy atom. The topological polar surface area (TPSA) is 101 Å². The number of nitrogens with one attached hydrogen (secondary N) is 1. The molecule has 0 atom stereocenters. The molecule has 0 aliphatic carbocycles. The van der Waals surface area contributed by atoms with Crippen LogP contribution in [0.25, 0.3) is 39.9 Å². The van der Waals surface area contributed by atoms with Crippen LogP contribution >= 0.6 is 0 Å². The van der Waals surface area contributed by atoms with Crippen molar-refractivity contribution in [2.45, 2.75) is 25.3 Å². The van der Waals surface area contributed by atoms with Crippen LogP contribution in [0.4, 0.5) is 0 Å². The Balaban J connectivity index is 1.04. The zero-order valence-electron chi connectivity index (χ0n) is 21.4. The molecule has 6 aromatic rings. The molecule has 0 radical (unpaired) electrons. The fourth-order valence-electron chi connectivity index (χ4n) is 5.31. The lowest BCUT2D eigenvalue weighted by atomic mass is 9.95. The fraction of sp³-hybridized carbons (Fsp3) is 0.200. The zero-order valence-corrected chi connectivity index (χ0v) is 21.4. The Labute approximate surface area is 225 Å². The summed E-state index contributed by atoms with van der Waals surface area (Å²) in [7, 11) is 0. The molecule has 1 aliphatic heterocycles. The van der Waals surface area contributed by atoms with Gasteiger partial charge in [-0.2, -0.15) is 5.10 Å². The fourth-order valence-corrected chi connectivity index (χ4v) is 5.31. The van der Waals surface area contributed by atoms with E-state index >= 15 is 0 Å². The van der Waals surface area contributed by atoms with Gasteiger partial charge in [0.2, 0.25) is 5.78 Å². The summed E-state index contributed by atoms with van der Waals surface area (Å²) >= 11 is 0. The lowest BCUT2D eigenvalue weighted by Gasteiger charge is -2.30. The highest BCUT2D eigenvalue weighted by molar-refractivity contribution is 5.81. The molecule has 1 N–H and O–H groups in total. The van der Waals surface area contributed by atoms with Crippen molar-refractivity contribution in [2.75, 3.05) is 13.1 Å². The summed E-state index contributed by atoms with van der Waals surface area (Å²) in [5, 5.41) is 7.46. The van der Waals surface area contributed by atoms with Gasteiger partial charge in [0.05, 0.1) is 11.4 Å². The third-order valence-corrected chi connectivity index (χ3v) is 7.32. The Morgan fingerprint density at radius 3 is 2.33 bits per heavy atom. The van der Waals surface area contributed by atoms with E-state index in [2.05, 4.69) is 88.0 Å². The number of benzene rings is 2.